The maximum absolute atomic E-state index is 14.0. The number of fused-ring (bicyclic) bond motifs is 2. The molecule has 1 aliphatic heterocycles. The van der Waals surface area contributed by atoms with Crippen molar-refractivity contribution in [1.82, 2.24) is 20.6 Å². The number of hydrogen-bond donors (Lipinski definition) is 4. The molecule has 9 nitrogen and oxygen atoms in total. The van der Waals surface area contributed by atoms with Crippen LogP contribution in [0.15, 0.2) is 24.3 Å². The van der Waals surface area contributed by atoms with E-state index in [1.807, 2.05) is 43.3 Å². The van der Waals surface area contributed by atoms with E-state index in [1.165, 1.54) is 6.42 Å². The zero-order valence-electron chi connectivity index (χ0n) is 28.0. The molecule has 2 amide bonds. The average Bonchev–Trinajstić information content (AvgIpc) is 3.35. The van der Waals surface area contributed by atoms with Crippen LogP contribution in [0.1, 0.15) is 83.8 Å². The highest BCUT2D eigenvalue weighted by Crippen LogP contribution is 2.61. The van der Waals surface area contributed by atoms with Crippen LogP contribution in [0.4, 0.5) is 0 Å². The molecule has 0 aromatic heterocycles. The number of amides is 2. The van der Waals surface area contributed by atoms with Gasteiger partial charge in [0.1, 0.15) is 17.7 Å². The van der Waals surface area contributed by atoms with Crippen LogP contribution < -0.4 is 10.6 Å². The van der Waals surface area contributed by atoms with Crippen molar-refractivity contribution in [2.75, 3.05) is 27.2 Å². The van der Waals surface area contributed by atoms with Crippen molar-refractivity contribution in [2.45, 2.75) is 109 Å². The molecule has 5 aliphatic rings. The molecule has 1 saturated heterocycles. The van der Waals surface area contributed by atoms with Crippen molar-refractivity contribution in [2.24, 2.45) is 29.1 Å². The van der Waals surface area contributed by atoms with Gasteiger partial charge >= 0.3 is 0 Å². The van der Waals surface area contributed by atoms with E-state index >= 15 is 0 Å². The Morgan fingerprint density at radius 1 is 1.18 bits per heavy atom. The first-order valence-electron chi connectivity index (χ1n) is 16.9. The summed E-state index contributed by atoms with van der Waals surface area (Å²) >= 11 is 0. The van der Waals surface area contributed by atoms with E-state index in [2.05, 4.69) is 43.2 Å². The molecule has 2 bridgehead atoms. The molecular formula is C36H54N4O5. The number of hydroxylamine groups is 2. The monoisotopic (exact) mass is 622 g/mol. The van der Waals surface area contributed by atoms with Gasteiger partial charge in [-0.2, -0.15) is 5.06 Å². The summed E-state index contributed by atoms with van der Waals surface area (Å²) < 4.78 is 0. The predicted octanol–water partition coefficient (Wildman–Crippen LogP) is 3.08. The first-order chi connectivity index (χ1) is 21.3. The maximum atomic E-state index is 14.0. The molecule has 4 saturated carbocycles. The van der Waals surface area contributed by atoms with Gasteiger partial charge in [0.25, 0.3) is 0 Å². The lowest BCUT2D eigenvalue weighted by molar-refractivity contribution is -0.183. The van der Waals surface area contributed by atoms with Crippen LogP contribution in [0.2, 0.25) is 0 Å². The molecule has 9 heteroatoms. The maximum Gasteiger partial charge on any atom is 0.240 e. The number of rotatable bonds is 9. The minimum atomic E-state index is -0.842. The van der Waals surface area contributed by atoms with Gasteiger partial charge in [-0.3, -0.25) is 14.4 Å². The lowest BCUT2D eigenvalue weighted by atomic mass is 9.45. The number of hydrogen-bond acceptors (Lipinski definition) is 7. The molecule has 1 unspecified atom stereocenters. The first kappa shape index (κ1) is 33.9. The van der Waals surface area contributed by atoms with Gasteiger partial charge in [0.05, 0.1) is 25.8 Å². The van der Waals surface area contributed by atoms with Crippen molar-refractivity contribution in [1.29, 1.82) is 0 Å². The van der Waals surface area contributed by atoms with Crippen LogP contribution in [0, 0.1) is 40.9 Å². The Labute approximate surface area is 269 Å². The lowest BCUT2D eigenvalue weighted by Crippen LogP contribution is -2.62. The Hall–Kier alpha value is -2.48. The number of aliphatic hydroxyl groups is 2. The lowest BCUT2D eigenvalue weighted by Gasteiger charge is -2.62. The van der Waals surface area contributed by atoms with Crippen molar-refractivity contribution in [3.8, 4) is 11.8 Å². The van der Waals surface area contributed by atoms with Crippen LogP contribution >= 0.6 is 0 Å². The van der Waals surface area contributed by atoms with Gasteiger partial charge in [-0.15, -0.1) is 0 Å². The third kappa shape index (κ3) is 7.26. The van der Waals surface area contributed by atoms with Crippen LogP contribution in [-0.4, -0.2) is 89.1 Å². The van der Waals surface area contributed by atoms with Gasteiger partial charge in [0.2, 0.25) is 11.8 Å². The minimum Gasteiger partial charge on any atom is -0.394 e. The van der Waals surface area contributed by atoms with Crippen molar-refractivity contribution in [3.63, 3.8) is 0 Å². The van der Waals surface area contributed by atoms with E-state index in [0.717, 1.165) is 49.7 Å². The highest BCUT2D eigenvalue weighted by Gasteiger charge is 2.57. The Morgan fingerprint density at radius 3 is 2.53 bits per heavy atom. The number of aliphatic hydroxyl groups excluding tert-OH is 2. The van der Waals surface area contributed by atoms with E-state index in [4.69, 9.17) is 4.84 Å². The quantitative estimate of drug-likeness (QED) is 0.313. The molecule has 6 rings (SSSR count). The van der Waals surface area contributed by atoms with E-state index in [9.17, 15) is 19.8 Å². The smallest absolute Gasteiger partial charge is 0.240 e. The Balaban J connectivity index is 1.33. The Kier molecular flexibility index (Phi) is 10.3. The molecule has 45 heavy (non-hydrogen) atoms. The topological polar surface area (TPSA) is 114 Å². The average molecular weight is 623 g/mol. The second-order valence-electron chi connectivity index (χ2n) is 15.1. The second-order valence-corrected chi connectivity index (χ2v) is 15.1. The molecule has 8 atom stereocenters. The molecule has 248 valence electrons. The summed E-state index contributed by atoms with van der Waals surface area (Å²) in [6.07, 6.45) is 5.54. The predicted molar refractivity (Wildman–Crippen MR) is 173 cm³/mol. The van der Waals surface area contributed by atoms with Gasteiger partial charge < -0.3 is 25.7 Å². The highest BCUT2D eigenvalue weighted by atomic mass is 16.7. The number of benzene rings is 1. The molecular weight excluding hydrogens is 568 g/mol. The summed E-state index contributed by atoms with van der Waals surface area (Å²) in [6, 6.07) is 7.20. The third-order valence-electron chi connectivity index (χ3n) is 11.3. The van der Waals surface area contributed by atoms with Crippen molar-refractivity contribution >= 4 is 11.8 Å². The molecule has 0 radical (unpaired) electrons. The third-order valence-corrected chi connectivity index (χ3v) is 11.3. The fourth-order valence-electron chi connectivity index (χ4n) is 8.63. The normalized spacial score (nSPS) is 32.6. The molecule has 4 N–H and O–H groups in total. The first-order valence-corrected chi connectivity index (χ1v) is 16.9. The Morgan fingerprint density at radius 2 is 1.91 bits per heavy atom. The summed E-state index contributed by atoms with van der Waals surface area (Å²) in [7, 11) is 3.77. The van der Waals surface area contributed by atoms with Gasteiger partial charge in [-0.05, 0) is 87.6 Å². The SMILES string of the molecule is C[C@H](O)[C@@H]1[C@H](CO)ON(Cc2cccc(C#CC3(NC(=O)CN(C)C)CCCCC3)c2)[C@@H]1C(=O)NC1C[C@H]2C[C@@H]([C@@H]1C)C2(C)C. The minimum absolute atomic E-state index is 0.0186. The number of likely N-dealkylation sites (N-methyl/N-ethyl adjacent to an activating group) is 1. The van der Waals surface area contributed by atoms with Gasteiger partial charge in [-0.25, -0.2) is 0 Å². The molecule has 1 aromatic rings. The summed E-state index contributed by atoms with van der Waals surface area (Å²) in [6.45, 7) is 8.93. The summed E-state index contributed by atoms with van der Waals surface area (Å²) in [5, 5.41) is 29.1. The van der Waals surface area contributed by atoms with Crippen LogP contribution in [0.5, 0.6) is 0 Å². The fourth-order valence-corrected chi connectivity index (χ4v) is 8.63. The Bertz CT molecular complexity index is 1280. The summed E-state index contributed by atoms with van der Waals surface area (Å²) in [4.78, 5) is 34.7. The van der Waals surface area contributed by atoms with Crippen LogP contribution in [0.25, 0.3) is 0 Å². The van der Waals surface area contributed by atoms with Crippen molar-refractivity contribution < 1.29 is 24.6 Å². The van der Waals surface area contributed by atoms with Crippen LogP contribution in [-0.2, 0) is 21.0 Å². The fraction of sp³-hybridized carbons (Fsp3) is 0.722. The van der Waals surface area contributed by atoms with E-state index in [1.54, 1.807) is 12.0 Å². The van der Waals surface area contributed by atoms with E-state index in [-0.39, 0.29) is 24.5 Å². The number of nitrogens with one attached hydrogen (secondary N) is 2. The largest absolute Gasteiger partial charge is 0.394 e. The number of carbonyl (C=O) groups excluding carboxylic acids is 2. The number of carbonyl (C=O) groups is 2. The van der Waals surface area contributed by atoms with Gasteiger partial charge in [0, 0.05) is 17.5 Å². The zero-order valence-corrected chi connectivity index (χ0v) is 28.0. The molecule has 1 aromatic carbocycles. The van der Waals surface area contributed by atoms with Crippen LogP contribution in [0.3, 0.4) is 0 Å². The van der Waals surface area contributed by atoms with E-state index < -0.39 is 29.7 Å². The highest BCUT2D eigenvalue weighted by molar-refractivity contribution is 5.83. The van der Waals surface area contributed by atoms with Gasteiger partial charge in [-0.1, -0.05) is 64.0 Å². The molecule has 4 aliphatic carbocycles. The summed E-state index contributed by atoms with van der Waals surface area (Å²) in [5.41, 5.74) is 1.51. The number of nitrogens with zero attached hydrogens (tertiary/aromatic N) is 2. The van der Waals surface area contributed by atoms with Gasteiger partial charge in [0.15, 0.2) is 0 Å². The molecule has 5 fully saturated rings. The summed E-state index contributed by atoms with van der Waals surface area (Å²) in [5.74, 6) is 7.59. The molecule has 0 spiro atoms. The standard InChI is InChI=1S/C36H54N4O5/c1-23-28-18-27(35(28,3)4)19-29(23)37-34(44)33-32(24(2)42)30(22-41)45-40(33)20-26-12-10-11-25(17-26)13-16-36(14-8-7-9-15-36)38-31(43)21-39(5)6/h10-12,17,23-24,27-30,32-33,41-42H,7-9,14-15,18-22H2,1-6H3,(H,37,44)(H,38,43)/t23-,24-,27+,28-,29?,30-,32+,33-/m0/s1. The molecule has 1 heterocycles. The van der Waals surface area contributed by atoms with E-state index in [0.29, 0.717) is 36.3 Å². The zero-order chi connectivity index (χ0) is 32.5. The second kappa shape index (κ2) is 13.7. The van der Waals surface area contributed by atoms with Crippen molar-refractivity contribution in [3.05, 3.63) is 35.4 Å².